The molecule has 174 valence electrons. The average Bonchev–Trinajstić information content (AvgIpc) is 3.33. The molecule has 1 heterocycles. The van der Waals surface area contributed by atoms with Crippen LogP contribution in [0.5, 0.6) is 34.5 Å². The summed E-state index contributed by atoms with van der Waals surface area (Å²) in [6, 6.07) is 16.3. The lowest BCUT2D eigenvalue weighted by Crippen LogP contribution is -2.02. The monoisotopic (exact) mass is 450 g/mol. The van der Waals surface area contributed by atoms with Crippen LogP contribution in [0.3, 0.4) is 0 Å². The van der Waals surface area contributed by atoms with E-state index in [1.165, 1.54) is 11.1 Å². The summed E-state index contributed by atoms with van der Waals surface area (Å²) < 4.78 is 33.1. The Morgan fingerprint density at radius 2 is 1.12 bits per heavy atom. The van der Waals surface area contributed by atoms with Crippen molar-refractivity contribution in [2.24, 2.45) is 0 Å². The molecule has 0 unspecified atom stereocenters. The Balaban J connectivity index is 1.51. The second kappa shape index (κ2) is 10.4. The van der Waals surface area contributed by atoms with Gasteiger partial charge in [0.25, 0.3) is 0 Å². The van der Waals surface area contributed by atoms with E-state index in [2.05, 4.69) is 24.3 Å². The Bertz CT molecular complexity index is 1110. The normalized spacial score (nSPS) is 11.9. The van der Waals surface area contributed by atoms with Crippen LogP contribution in [0.15, 0.2) is 48.5 Å². The number of rotatable bonds is 10. The minimum atomic E-state index is 0.286. The van der Waals surface area contributed by atoms with Gasteiger partial charge in [-0.1, -0.05) is 12.1 Å². The molecule has 1 aliphatic heterocycles. The Kier molecular flexibility index (Phi) is 7.13. The summed E-state index contributed by atoms with van der Waals surface area (Å²) in [6.45, 7) is 0.286. The van der Waals surface area contributed by atoms with Crippen molar-refractivity contribution < 1.29 is 28.4 Å². The quantitative estimate of drug-likeness (QED) is 0.432. The molecule has 0 saturated heterocycles. The van der Waals surface area contributed by atoms with E-state index < -0.39 is 0 Å². The largest absolute Gasteiger partial charge is 0.496 e. The highest BCUT2D eigenvalue weighted by atomic mass is 16.7. The number of hydrogen-bond acceptors (Lipinski definition) is 6. The van der Waals surface area contributed by atoms with E-state index in [9.17, 15) is 0 Å². The molecule has 0 bridgehead atoms. The van der Waals surface area contributed by atoms with E-state index in [0.29, 0.717) is 0 Å². The number of methoxy groups -OCH3 is 4. The molecule has 0 spiro atoms. The minimum absolute atomic E-state index is 0.286. The minimum Gasteiger partial charge on any atom is -0.496 e. The van der Waals surface area contributed by atoms with Crippen LogP contribution in [0.1, 0.15) is 22.3 Å². The first-order chi connectivity index (χ1) is 16.1. The van der Waals surface area contributed by atoms with Crippen LogP contribution in [0, 0.1) is 0 Å². The van der Waals surface area contributed by atoms with Crippen molar-refractivity contribution in [3.63, 3.8) is 0 Å². The fourth-order valence-electron chi connectivity index (χ4n) is 4.12. The van der Waals surface area contributed by atoms with Crippen LogP contribution in [0.2, 0.25) is 0 Å². The van der Waals surface area contributed by atoms with Crippen molar-refractivity contribution in [1.82, 2.24) is 0 Å². The maximum absolute atomic E-state index is 5.67. The van der Waals surface area contributed by atoms with Crippen molar-refractivity contribution in [3.8, 4) is 34.5 Å². The van der Waals surface area contributed by atoms with E-state index in [1.807, 2.05) is 24.3 Å². The number of ether oxygens (including phenoxy) is 6. The predicted octanol–water partition coefficient (Wildman–Crippen LogP) is 5.02. The molecule has 4 rings (SSSR count). The molecule has 3 aromatic rings. The fraction of sp³-hybridized carbons (Fsp3) is 0.333. The summed E-state index contributed by atoms with van der Waals surface area (Å²) in [6.07, 6.45) is 3.40. The van der Waals surface area contributed by atoms with Gasteiger partial charge in [0, 0.05) is 6.07 Å². The SMILES string of the molecule is COc1cc(OC)c(CCc2ccc3c(c2)OCO3)cc1CCc1ccc(OC)c(OC)c1. The third-order valence-electron chi connectivity index (χ3n) is 5.93. The zero-order valence-electron chi connectivity index (χ0n) is 19.6. The first kappa shape index (κ1) is 22.6. The topological polar surface area (TPSA) is 55.4 Å². The molecule has 3 aromatic carbocycles. The maximum Gasteiger partial charge on any atom is 0.231 e. The van der Waals surface area contributed by atoms with Crippen molar-refractivity contribution in [2.45, 2.75) is 25.7 Å². The molecule has 0 N–H and O–H groups in total. The molecule has 1 aliphatic rings. The lowest BCUT2D eigenvalue weighted by molar-refractivity contribution is 0.174. The summed E-state index contributed by atoms with van der Waals surface area (Å²) in [5.41, 5.74) is 4.67. The second-order valence-electron chi connectivity index (χ2n) is 7.85. The molecular formula is C27H30O6. The van der Waals surface area contributed by atoms with E-state index in [-0.39, 0.29) is 6.79 Å². The average molecular weight is 451 g/mol. The van der Waals surface area contributed by atoms with Crippen LogP contribution in [-0.4, -0.2) is 35.2 Å². The molecule has 33 heavy (non-hydrogen) atoms. The van der Waals surface area contributed by atoms with Crippen molar-refractivity contribution in [1.29, 1.82) is 0 Å². The Labute approximate surface area is 195 Å². The Morgan fingerprint density at radius 3 is 1.76 bits per heavy atom. The van der Waals surface area contributed by atoms with Gasteiger partial charge in [0.05, 0.1) is 28.4 Å². The lowest BCUT2D eigenvalue weighted by atomic mass is 9.97. The van der Waals surface area contributed by atoms with Gasteiger partial charge in [0.1, 0.15) is 11.5 Å². The Hall–Kier alpha value is -3.54. The molecule has 0 aliphatic carbocycles. The van der Waals surface area contributed by atoms with Crippen LogP contribution in [0.4, 0.5) is 0 Å². The summed E-state index contributed by atoms with van der Waals surface area (Å²) >= 11 is 0. The molecule has 0 fully saturated rings. The Morgan fingerprint density at radius 1 is 0.545 bits per heavy atom. The van der Waals surface area contributed by atoms with Gasteiger partial charge in [-0.05, 0) is 78.3 Å². The van der Waals surface area contributed by atoms with E-state index in [0.717, 1.165) is 71.3 Å². The molecule has 0 aromatic heterocycles. The zero-order valence-corrected chi connectivity index (χ0v) is 19.6. The molecule has 6 heteroatoms. The highest BCUT2D eigenvalue weighted by molar-refractivity contribution is 5.49. The van der Waals surface area contributed by atoms with Gasteiger partial charge in [-0.15, -0.1) is 0 Å². The summed E-state index contributed by atoms with van der Waals surface area (Å²) in [4.78, 5) is 0. The van der Waals surface area contributed by atoms with Gasteiger partial charge in [0.2, 0.25) is 6.79 Å². The molecule has 0 radical (unpaired) electrons. The summed E-state index contributed by atoms with van der Waals surface area (Å²) in [5.74, 6) is 4.75. The van der Waals surface area contributed by atoms with E-state index in [1.54, 1.807) is 28.4 Å². The third kappa shape index (κ3) is 5.11. The van der Waals surface area contributed by atoms with Gasteiger partial charge < -0.3 is 28.4 Å². The van der Waals surface area contributed by atoms with Gasteiger partial charge in [-0.3, -0.25) is 0 Å². The lowest BCUT2D eigenvalue weighted by Gasteiger charge is -2.16. The molecule has 0 saturated carbocycles. The van der Waals surface area contributed by atoms with Crippen LogP contribution >= 0.6 is 0 Å². The standard InChI is InChI=1S/C27H30O6/c1-28-22-11-7-18(13-26(22)31-4)5-9-20-15-21(25(30-3)16-24(20)29-2)10-6-19-8-12-23-27(14-19)33-17-32-23/h7-8,11-16H,5-6,9-10,17H2,1-4H3. The number of aryl methyl sites for hydroxylation is 4. The van der Waals surface area contributed by atoms with Crippen molar-refractivity contribution >= 4 is 0 Å². The van der Waals surface area contributed by atoms with Crippen LogP contribution in [0.25, 0.3) is 0 Å². The van der Waals surface area contributed by atoms with Gasteiger partial charge in [-0.25, -0.2) is 0 Å². The van der Waals surface area contributed by atoms with Crippen LogP contribution in [-0.2, 0) is 25.7 Å². The van der Waals surface area contributed by atoms with Crippen molar-refractivity contribution in [3.05, 3.63) is 70.8 Å². The first-order valence-corrected chi connectivity index (χ1v) is 11.0. The zero-order chi connectivity index (χ0) is 23.2. The number of fused-ring (bicyclic) bond motifs is 1. The molecular weight excluding hydrogens is 420 g/mol. The maximum atomic E-state index is 5.67. The van der Waals surface area contributed by atoms with Gasteiger partial charge in [0.15, 0.2) is 23.0 Å². The van der Waals surface area contributed by atoms with Gasteiger partial charge in [-0.2, -0.15) is 0 Å². The van der Waals surface area contributed by atoms with E-state index >= 15 is 0 Å². The smallest absolute Gasteiger partial charge is 0.231 e. The number of hydrogen-bond donors (Lipinski definition) is 0. The predicted molar refractivity (Wildman–Crippen MR) is 126 cm³/mol. The number of benzene rings is 3. The van der Waals surface area contributed by atoms with Crippen LogP contribution < -0.4 is 28.4 Å². The summed E-state index contributed by atoms with van der Waals surface area (Å²) in [7, 11) is 6.69. The van der Waals surface area contributed by atoms with E-state index in [4.69, 9.17) is 28.4 Å². The molecule has 6 nitrogen and oxygen atoms in total. The first-order valence-electron chi connectivity index (χ1n) is 11.0. The summed E-state index contributed by atoms with van der Waals surface area (Å²) in [5, 5.41) is 0. The highest BCUT2D eigenvalue weighted by Gasteiger charge is 2.15. The van der Waals surface area contributed by atoms with Crippen molar-refractivity contribution in [2.75, 3.05) is 35.2 Å². The molecule has 0 amide bonds. The second-order valence-corrected chi connectivity index (χ2v) is 7.85. The third-order valence-corrected chi connectivity index (χ3v) is 5.93. The highest BCUT2D eigenvalue weighted by Crippen LogP contribution is 2.35. The van der Waals surface area contributed by atoms with Gasteiger partial charge >= 0.3 is 0 Å². The molecule has 0 atom stereocenters. The fourth-order valence-corrected chi connectivity index (χ4v) is 4.12.